The Bertz CT molecular complexity index is 667. The van der Waals surface area contributed by atoms with Crippen molar-refractivity contribution >= 4 is 11.9 Å². The van der Waals surface area contributed by atoms with E-state index in [4.69, 9.17) is 5.11 Å². The number of aromatic carboxylic acids is 1. The zero-order valence-electron chi connectivity index (χ0n) is 13.1. The lowest BCUT2D eigenvalue weighted by Crippen LogP contribution is -2.33. The summed E-state index contributed by atoms with van der Waals surface area (Å²) < 4.78 is 1.21. The number of aromatic nitrogens is 3. The van der Waals surface area contributed by atoms with Crippen molar-refractivity contribution in [1.29, 1.82) is 0 Å². The Balaban J connectivity index is 1.92. The van der Waals surface area contributed by atoms with E-state index in [2.05, 4.69) is 29.5 Å². The summed E-state index contributed by atoms with van der Waals surface area (Å²) in [5.41, 5.74) is 0.999. The maximum Gasteiger partial charge on any atom is 0.358 e. The van der Waals surface area contributed by atoms with Crippen molar-refractivity contribution in [3.05, 3.63) is 47.8 Å². The van der Waals surface area contributed by atoms with Crippen LogP contribution in [0.1, 0.15) is 35.8 Å². The van der Waals surface area contributed by atoms with Crippen LogP contribution >= 0.6 is 0 Å². The van der Waals surface area contributed by atoms with Crippen LogP contribution < -0.4 is 5.32 Å². The maximum atomic E-state index is 12.0. The van der Waals surface area contributed by atoms with E-state index in [1.807, 2.05) is 30.3 Å². The molecule has 0 aliphatic rings. The molecule has 1 aromatic carbocycles. The van der Waals surface area contributed by atoms with Crippen LogP contribution in [0.4, 0.5) is 0 Å². The number of nitrogens with one attached hydrogen (secondary N) is 1. The molecule has 1 heterocycles. The summed E-state index contributed by atoms with van der Waals surface area (Å²) in [4.78, 5) is 22.7. The number of hydrogen-bond donors (Lipinski definition) is 2. The fourth-order valence-corrected chi connectivity index (χ4v) is 2.34. The Hall–Kier alpha value is -2.70. The smallest absolute Gasteiger partial charge is 0.358 e. The summed E-state index contributed by atoms with van der Waals surface area (Å²) in [7, 11) is 0. The lowest BCUT2D eigenvalue weighted by molar-refractivity contribution is -0.122. The fourth-order valence-electron chi connectivity index (χ4n) is 2.34. The van der Waals surface area contributed by atoms with Gasteiger partial charge in [0.15, 0.2) is 5.69 Å². The maximum absolute atomic E-state index is 12.0. The Labute approximate surface area is 134 Å². The number of carboxylic acid groups (broad SMARTS) is 1. The van der Waals surface area contributed by atoms with Gasteiger partial charge in [0.05, 0.1) is 6.20 Å². The van der Waals surface area contributed by atoms with E-state index in [1.54, 1.807) is 0 Å². The monoisotopic (exact) mass is 316 g/mol. The first-order valence-electron chi connectivity index (χ1n) is 7.42. The predicted octanol–water partition coefficient (Wildman–Crippen LogP) is 1.53. The van der Waals surface area contributed by atoms with Gasteiger partial charge in [0, 0.05) is 12.5 Å². The van der Waals surface area contributed by atoms with Crippen LogP contribution in [-0.4, -0.2) is 38.5 Å². The molecule has 1 amide bonds. The highest BCUT2D eigenvalue weighted by Gasteiger charge is 2.17. The molecule has 1 atom stereocenters. The van der Waals surface area contributed by atoms with Gasteiger partial charge in [-0.3, -0.25) is 4.79 Å². The van der Waals surface area contributed by atoms with Gasteiger partial charge < -0.3 is 10.4 Å². The number of amides is 1. The van der Waals surface area contributed by atoms with Crippen molar-refractivity contribution in [2.24, 2.45) is 5.92 Å². The van der Waals surface area contributed by atoms with Gasteiger partial charge in [-0.05, 0) is 11.5 Å². The van der Waals surface area contributed by atoms with E-state index in [0.29, 0.717) is 12.5 Å². The number of carbonyl (C=O) groups excluding carboxylic acids is 1. The van der Waals surface area contributed by atoms with Crippen molar-refractivity contribution < 1.29 is 14.7 Å². The average Bonchev–Trinajstić information content (AvgIpc) is 2.97. The zero-order chi connectivity index (χ0) is 16.8. The lowest BCUT2D eigenvalue weighted by atomic mass is 9.88. The first-order valence-corrected chi connectivity index (χ1v) is 7.42. The molecular formula is C16H20N4O3. The number of rotatable bonds is 7. The molecular weight excluding hydrogens is 296 g/mol. The van der Waals surface area contributed by atoms with Crippen LogP contribution in [0.2, 0.25) is 0 Å². The highest BCUT2D eigenvalue weighted by molar-refractivity contribution is 5.84. The highest BCUT2D eigenvalue weighted by Crippen LogP contribution is 2.23. The van der Waals surface area contributed by atoms with Crippen molar-refractivity contribution in [3.8, 4) is 0 Å². The molecule has 0 aliphatic carbocycles. The SMILES string of the molecule is CC(C)C(CNC(=O)Cn1cc(C(=O)O)nn1)c1ccccc1. The van der Waals surface area contributed by atoms with Crippen molar-refractivity contribution in [2.45, 2.75) is 26.3 Å². The molecule has 0 aliphatic heterocycles. The minimum Gasteiger partial charge on any atom is -0.476 e. The van der Waals surface area contributed by atoms with Gasteiger partial charge in [-0.1, -0.05) is 49.4 Å². The number of carboxylic acids is 1. The van der Waals surface area contributed by atoms with Gasteiger partial charge in [0.1, 0.15) is 6.54 Å². The summed E-state index contributed by atoms with van der Waals surface area (Å²) in [6.07, 6.45) is 1.24. The molecule has 0 bridgehead atoms. The van der Waals surface area contributed by atoms with E-state index in [9.17, 15) is 9.59 Å². The third-order valence-corrected chi connectivity index (χ3v) is 3.61. The zero-order valence-corrected chi connectivity index (χ0v) is 13.1. The molecule has 2 rings (SSSR count). The van der Waals surface area contributed by atoms with Gasteiger partial charge >= 0.3 is 5.97 Å². The second-order valence-corrected chi connectivity index (χ2v) is 5.67. The molecule has 7 heteroatoms. The van der Waals surface area contributed by atoms with Gasteiger partial charge in [-0.15, -0.1) is 5.10 Å². The van der Waals surface area contributed by atoms with Crippen LogP contribution in [0.25, 0.3) is 0 Å². The number of carbonyl (C=O) groups is 2. The third kappa shape index (κ3) is 4.64. The Kier molecular flexibility index (Phi) is 5.46. The summed E-state index contributed by atoms with van der Waals surface area (Å²) in [6, 6.07) is 10.0. The molecule has 1 unspecified atom stereocenters. The molecule has 1 aromatic heterocycles. The van der Waals surface area contributed by atoms with Crippen LogP contribution in [0.15, 0.2) is 36.5 Å². The van der Waals surface area contributed by atoms with Crippen molar-refractivity contribution in [2.75, 3.05) is 6.54 Å². The summed E-state index contributed by atoms with van der Waals surface area (Å²) >= 11 is 0. The second-order valence-electron chi connectivity index (χ2n) is 5.67. The molecule has 0 spiro atoms. The van der Waals surface area contributed by atoms with Gasteiger partial charge in [0.2, 0.25) is 5.91 Å². The first-order chi connectivity index (χ1) is 11.0. The van der Waals surface area contributed by atoms with Crippen molar-refractivity contribution in [1.82, 2.24) is 20.3 Å². The number of benzene rings is 1. The molecule has 0 radical (unpaired) electrons. The van der Waals surface area contributed by atoms with Gasteiger partial charge in [-0.2, -0.15) is 0 Å². The quantitative estimate of drug-likeness (QED) is 0.807. The Morgan fingerprint density at radius 2 is 1.96 bits per heavy atom. The number of hydrogen-bond acceptors (Lipinski definition) is 4. The molecule has 23 heavy (non-hydrogen) atoms. The third-order valence-electron chi connectivity index (χ3n) is 3.61. The van der Waals surface area contributed by atoms with E-state index >= 15 is 0 Å². The van der Waals surface area contributed by atoms with Gasteiger partial charge in [0.25, 0.3) is 0 Å². The van der Waals surface area contributed by atoms with E-state index in [-0.39, 0.29) is 24.1 Å². The minimum absolute atomic E-state index is 0.0557. The lowest BCUT2D eigenvalue weighted by Gasteiger charge is -2.21. The minimum atomic E-state index is -1.17. The molecule has 7 nitrogen and oxygen atoms in total. The Morgan fingerprint density at radius 3 is 2.52 bits per heavy atom. The summed E-state index contributed by atoms with van der Waals surface area (Å²) in [6.45, 7) is 4.68. The largest absolute Gasteiger partial charge is 0.476 e. The van der Waals surface area contributed by atoms with Gasteiger partial charge in [-0.25, -0.2) is 9.48 Å². The Morgan fingerprint density at radius 1 is 1.26 bits per heavy atom. The summed E-state index contributed by atoms with van der Waals surface area (Å²) in [5, 5.41) is 18.7. The fraction of sp³-hybridized carbons (Fsp3) is 0.375. The van der Waals surface area contributed by atoms with Crippen LogP contribution in [0.5, 0.6) is 0 Å². The summed E-state index contributed by atoms with van der Waals surface area (Å²) in [5.74, 6) is -0.804. The molecule has 0 fully saturated rings. The molecule has 2 aromatic rings. The van der Waals surface area contributed by atoms with E-state index in [0.717, 1.165) is 0 Å². The predicted molar refractivity (Wildman–Crippen MR) is 84.0 cm³/mol. The topological polar surface area (TPSA) is 97.1 Å². The highest BCUT2D eigenvalue weighted by atomic mass is 16.4. The molecule has 0 saturated heterocycles. The second kappa shape index (κ2) is 7.53. The van der Waals surface area contributed by atoms with E-state index in [1.165, 1.54) is 16.4 Å². The molecule has 122 valence electrons. The van der Waals surface area contributed by atoms with Crippen LogP contribution in [0.3, 0.4) is 0 Å². The van der Waals surface area contributed by atoms with Crippen LogP contribution in [-0.2, 0) is 11.3 Å². The van der Waals surface area contributed by atoms with E-state index < -0.39 is 5.97 Å². The van der Waals surface area contributed by atoms with Crippen LogP contribution in [0, 0.1) is 5.92 Å². The van der Waals surface area contributed by atoms with Crippen molar-refractivity contribution in [3.63, 3.8) is 0 Å². The normalized spacial score (nSPS) is 12.1. The molecule has 0 saturated carbocycles. The average molecular weight is 316 g/mol. The molecule has 2 N–H and O–H groups in total. The standard InChI is InChI=1S/C16H20N4O3/c1-11(2)13(12-6-4-3-5-7-12)8-17-15(21)10-20-9-14(16(22)23)18-19-20/h3-7,9,11,13H,8,10H2,1-2H3,(H,17,21)(H,22,23). The first kappa shape index (κ1) is 16.7. The number of nitrogens with zero attached hydrogens (tertiary/aromatic N) is 3.